The lowest BCUT2D eigenvalue weighted by Gasteiger charge is -2.10. The molecule has 0 fully saturated rings. The molecule has 2 N–H and O–H groups in total. The fourth-order valence-corrected chi connectivity index (χ4v) is 2.97. The number of nitrogens with zero attached hydrogens (tertiary/aromatic N) is 2. The first kappa shape index (κ1) is 25.8. The van der Waals surface area contributed by atoms with Crippen molar-refractivity contribution in [2.75, 3.05) is 39.0 Å². The number of carbonyl (C=O) groups excluding carboxylic acids is 1. The minimum absolute atomic E-state index is 0.124. The number of anilines is 1. The van der Waals surface area contributed by atoms with Crippen LogP contribution in [-0.2, 0) is 25.5 Å². The third-order valence-electron chi connectivity index (χ3n) is 4.61. The summed E-state index contributed by atoms with van der Waals surface area (Å²) in [5.74, 6) is 3.43. The predicted molar refractivity (Wildman–Crippen MR) is 125 cm³/mol. The van der Waals surface area contributed by atoms with Crippen molar-refractivity contribution < 1.29 is 28.4 Å². The Balaban J connectivity index is 1.88. The van der Waals surface area contributed by atoms with Gasteiger partial charge in [0.05, 0.1) is 13.2 Å². The molecule has 0 aliphatic heterocycles. The van der Waals surface area contributed by atoms with Crippen molar-refractivity contribution in [3.05, 3.63) is 48.6 Å². The van der Waals surface area contributed by atoms with E-state index in [1.807, 2.05) is 37.3 Å². The highest BCUT2D eigenvalue weighted by Gasteiger charge is 2.14. The van der Waals surface area contributed by atoms with Crippen LogP contribution in [0, 0.1) is 19.3 Å². The number of terminal acetylenes is 1. The molecular formula is C25H32N3O5+. The summed E-state index contributed by atoms with van der Waals surface area (Å²) in [6.07, 6.45) is 8.47. The molecule has 1 aromatic heterocycles. The number of hydrogen-bond donors (Lipinski definition) is 1. The molecule has 2 aromatic rings. The smallest absolute Gasteiger partial charge is 0.306 e. The van der Waals surface area contributed by atoms with Crippen molar-refractivity contribution in [2.24, 2.45) is 0 Å². The third-order valence-corrected chi connectivity index (χ3v) is 4.61. The molecule has 0 aliphatic carbocycles. The van der Waals surface area contributed by atoms with Crippen LogP contribution in [0.5, 0.6) is 5.75 Å². The number of carbonyl (C=O) groups is 1. The summed E-state index contributed by atoms with van der Waals surface area (Å²) in [4.78, 5) is 11.6. The lowest BCUT2D eigenvalue weighted by atomic mass is 10.1. The van der Waals surface area contributed by atoms with Crippen LogP contribution >= 0.6 is 0 Å². The lowest BCUT2D eigenvalue weighted by molar-refractivity contribution is -0.739. The average Bonchev–Trinajstić information content (AvgIpc) is 2.81. The second kappa shape index (κ2) is 14.6. The average molecular weight is 455 g/mol. The van der Waals surface area contributed by atoms with E-state index in [9.17, 15) is 4.79 Å². The van der Waals surface area contributed by atoms with Gasteiger partial charge in [0.25, 0.3) is 5.82 Å². The Kier molecular flexibility index (Phi) is 11.4. The minimum Gasteiger partial charge on any atom is -0.468 e. The van der Waals surface area contributed by atoms with Crippen molar-refractivity contribution in [3.63, 3.8) is 0 Å². The standard InChI is InChI=1S/C25H31N3O5/c1-4-14-30-16-17-31-19-33-22-11-9-21(10-12-22)25-20(3)18-23(26)28(27-25)13-7-6-8-24(29)32-15-5-2/h1,5,9-12,18,26H,2,6-8,13-17,19H2,3H3/p+1. The fraction of sp³-hybridized carbons (Fsp3) is 0.400. The highest BCUT2D eigenvalue weighted by atomic mass is 16.7. The largest absolute Gasteiger partial charge is 0.468 e. The van der Waals surface area contributed by atoms with Gasteiger partial charge in [-0.15, -0.1) is 11.1 Å². The van der Waals surface area contributed by atoms with Gasteiger partial charge in [-0.3, -0.25) is 10.5 Å². The highest BCUT2D eigenvalue weighted by Crippen LogP contribution is 2.23. The van der Waals surface area contributed by atoms with E-state index in [-0.39, 0.29) is 26.0 Å². The molecule has 0 bridgehead atoms. The van der Waals surface area contributed by atoms with Crippen LogP contribution in [0.15, 0.2) is 43.0 Å². The van der Waals surface area contributed by atoms with Gasteiger partial charge < -0.3 is 18.9 Å². The summed E-state index contributed by atoms with van der Waals surface area (Å²) >= 11 is 0. The van der Waals surface area contributed by atoms with Crippen molar-refractivity contribution in [1.82, 2.24) is 5.10 Å². The van der Waals surface area contributed by atoms with Gasteiger partial charge in [0.1, 0.15) is 31.2 Å². The molecule has 33 heavy (non-hydrogen) atoms. The third kappa shape index (κ3) is 9.31. The van der Waals surface area contributed by atoms with E-state index in [1.165, 1.54) is 0 Å². The van der Waals surface area contributed by atoms with Crippen LogP contribution in [0.25, 0.3) is 11.3 Å². The Hall–Kier alpha value is -3.41. The maximum Gasteiger partial charge on any atom is 0.306 e. The van der Waals surface area contributed by atoms with Gasteiger partial charge in [-0.05, 0) is 49.6 Å². The van der Waals surface area contributed by atoms with Crippen molar-refractivity contribution in [2.45, 2.75) is 32.7 Å². The van der Waals surface area contributed by atoms with Gasteiger partial charge in [0.2, 0.25) is 0 Å². The first-order valence-electron chi connectivity index (χ1n) is 10.8. The second-order valence-electron chi connectivity index (χ2n) is 7.20. The minimum atomic E-state index is -0.227. The quantitative estimate of drug-likeness (QED) is 0.110. The number of nitrogen functional groups attached to an aromatic ring is 1. The van der Waals surface area contributed by atoms with Gasteiger partial charge in [-0.2, -0.15) is 0 Å². The molecule has 8 nitrogen and oxygen atoms in total. The Morgan fingerprint density at radius 1 is 1.24 bits per heavy atom. The molecule has 0 atom stereocenters. The number of rotatable bonds is 15. The van der Waals surface area contributed by atoms with Crippen LogP contribution in [-0.4, -0.2) is 44.3 Å². The summed E-state index contributed by atoms with van der Waals surface area (Å²) in [6.45, 7) is 7.57. The Bertz CT molecular complexity index is 938. The molecule has 0 spiro atoms. The number of unbranched alkanes of at least 4 members (excludes halogenated alkanes) is 1. The SMILES string of the molecule is C#CCOCCOCOc1ccc(-c2n[n+](CCCCC(=O)OCC=C)c(N)cc2C)cc1. The fourth-order valence-electron chi connectivity index (χ4n) is 2.97. The Morgan fingerprint density at radius 3 is 2.73 bits per heavy atom. The second-order valence-corrected chi connectivity index (χ2v) is 7.20. The molecule has 0 aliphatic rings. The van der Waals surface area contributed by atoms with Crippen LogP contribution in [0.4, 0.5) is 5.82 Å². The summed E-state index contributed by atoms with van der Waals surface area (Å²) in [5, 5.41) is 4.72. The van der Waals surface area contributed by atoms with E-state index in [2.05, 4.69) is 12.5 Å². The number of aryl methyl sites for hydroxylation is 2. The Labute approximate surface area is 195 Å². The monoisotopic (exact) mass is 454 g/mol. The van der Waals surface area contributed by atoms with Crippen molar-refractivity contribution >= 4 is 11.8 Å². The summed E-state index contributed by atoms with van der Waals surface area (Å²) < 4.78 is 22.8. The van der Waals surface area contributed by atoms with Crippen LogP contribution < -0.4 is 15.2 Å². The molecule has 1 aromatic carbocycles. The highest BCUT2D eigenvalue weighted by molar-refractivity contribution is 5.69. The zero-order valence-electron chi connectivity index (χ0n) is 19.1. The lowest BCUT2D eigenvalue weighted by Crippen LogP contribution is -2.41. The van der Waals surface area contributed by atoms with Crippen molar-refractivity contribution in [1.29, 1.82) is 0 Å². The molecule has 0 saturated carbocycles. The van der Waals surface area contributed by atoms with Gasteiger partial charge in [0.15, 0.2) is 6.79 Å². The Morgan fingerprint density at radius 2 is 2.00 bits per heavy atom. The van der Waals surface area contributed by atoms with Gasteiger partial charge in [-0.1, -0.05) is 23.7 Å². The zero-order valence-corrected chi connectivity index (χ0v) is 19.1. The molecule has 176 valence electrons. The van der Waals surface area contributed by atoms with Gasteiger partial charge >= 0.3 is 5.97 Å². The number of benzene rings is 1. The topological polar surface area (TPSA) is 96.8 Å². The molecule has 8 heteroatoms. The van der Waals surface area contributed by atoms with E-state index in [0.717, 1.165) is 23.2 Å². The maximum absolute atomic E-state index is 11.6. The van der Waals surface area contributed by atoms with Crippen LogP contribution in [0.3, 0.4) is 0 Å². The maximum atomic E-state index is 11.6. The predicted octanol–water partition coefficient (Wildman–Crippen LogP) is 2.83. The normalized spacial score (nSPS) is 10.4. The van der Waals surface area contributed by atoms with Crippen molar-refractivity contribution in [3.8, 4) is 29.4 Å². The molecule has 0 saturated heterocycles. The summed E-state index contributed by atoms with van der Waals surface area (Å²) in [5.41, 5.74) is 8.91. The van der Waals surface area contributed by atoms with Crippen LogP contribution in [0.2, 0.25) is 0 Å². The molecule has 1 heterocycles. The van der Waals surface area contributed by atoms with Gasteiger partial charge in [-0.25, -0.2) is 0 Å². The van der Waals surface area contributed by atoms with E-state index in [0.29, 0.717) is 44.2 Å². The first-order chi connectivity index (χ1) is 16.0. The van der Waals surface area contributed by atoms with E-state index in [4.69, 9.17) is 36.2 Å². The van der Waals surface area contributed by atoms with E-state index in [1.54, 1.807) is 10.8 Å². The van der Waals surface area contributed by atoms with E-state index >= 15 is 0 Å². The van der Waals surface area contributed by atoms with E-state index < -0.39 is 0 Å². The van der Waals surface area contributed by atoms with Gasteiger partial charge in [0, 0.05) is 18.1 Å². The van der Waals surface area contributed by atoms with Crippen LogP contribution in [0.1, 0.15) is 24.8 Å². The molecule has 2 rings (SSSR count). The number of nitrogens with two attached hydrogens (primary N) is 1. The summed E-state index contributed by atoms with van der Waals surface area (Å²) in [6, 6.07) is 9.52. The molecule has 0 amide bonds. The number of esters is 1. The number of aromatic nitrogens is 2. The number of hydrogen-bond acceptors (Lipinski definition) is 7. The molecule has 0 radical (unpaired) electrons. The zero-order chi connectivity index (χ0) is 23.9. The number of ether oxygens (including phenoxy) is 4. The molecular weight excluding hydrogens is 422 g/mol. The molecule has 0 unspecified atom stereocenters. The summed E-state index contributed by atoms with van der Waals surface area (Å²) in [7, 11) is 0. The first-order valence-corrected chi connectivity index (χ1v) is 10.8.